The zero-order valence-corrected chi connectivity index (χ0v) is 13.6. The summed E-state index contributed by atoms with van der Waals surface area (Å²) in [5.41, 5.74) is 0.541. The highest BCUT2D eigenvalue weighted by Crippen LogP contribution is 2.41. The molecule has 0 radical (unpaired) electrons. The molecule has 1 fully saturated rings. The second-order valence-corrected chi connectivity index (χ2v) is 7.36. The van der Waals surface area contributed by atoms with E-state index in [9.17, 15) is 4.79 Å². The summed E-state index contributed by atoms with van der Waals surface area (Å²) in [5.74, 6) is -0.320. The number of carboxylic acid groups (broad SMARTS) is 1. The number of aliphatic carboxylic acids is 1. The molecule has 3 nitrogen and oxygen atoms in total. The van der Waals surface area contributed by atoms with Gasteiger partial charge in [0.25, 0.3) is 0 Å². The third kappa shape index (κ3) is 4.62. The van der Waals surface area contributed by atoms with Crippen LogP contribution in [0, 0.1) is 17.3 Å². The first-order valence-corrected chi connectivity index (χ1v) is 7.71. The van der Waals surface area contributed by atoms with Gasteiger partial charge in [0.15, 0.2) is 0 Å². The summed E-state index contributed by atoms with van der Waals surface area (Å²) in [4.78, 5) is 11.1. The monoisotopic (exact) mass is 282 g/mol. The lowest BCUT2D eigenvalue weighted by molar-refractivity contribution is -0.136. The minimum Gasteiger partial charge on any atom is -0.478 e. The second-order valence-electron chi connectivity index (χ2n) is 7.36. The molecule has 1 aliphatic carbocycles. The molecule has 1 rings (SSSR count). The lowest BCUT2D eigenvalue weighted by atomic mass is 9.71. The Hall–Kier alpha value is -0.830. The van der Waals surface area contributed by atoms with E-state index < -0.39 is 12.1 Å². The average molecular weight is 282 g/mol. The highest BCUT2D eigenvalue weighted by molar-refractivity contribution is 5.87. The van der Waals surface area contributed by atoms with Gasteiger partial charge in [-0.25, -0.2) is 4.79 Å². The van der Waals surface area contributed by atoms with Crippen LogP contribution in [-0.4, -0.2) is 23.3 Å². The number of rotatable bonds is 6. The molecule has 0 amide bonds. The zero-order valence-electron chi connectivity index (χ0n) is 13.6. The molecule has 3 atom stereocenters. The first kappa shape index (κ1) is 17.2. The zero-order chi connectivity index (χ0) is 15.5. The fraction of sp³-hybridized carbons (Fsp3) is 0.824. The SMILES string of the molecule is C=C(C(=O)O)[C@@H](O[C@H](C)C1CCCC(C)(C)C1)C(C)C. The van der Waals surface area contributed by atoms with Gasteiger partial charge in [0.2, 0.25) is 0 Å². The highest BCUT2D eigenvalue weighted by atomic mass is 16.5. The molecule has 3 heteroatoms. The largest absolute Gasteiger partial charge is 0.478 e. The van der Waals surface area contributed by atoms with Crippen LogP contribution < -0.4 is 0 Å². The van der Waals surface area contributed by atoms with Gasteiger partial charge < -0.3 is 9.84 Å². The van der Waals surface area contributed by atoms with Crippen molar-refractivity contribution in [3.8, 4) is 0 Å². The maximum Gasteiger partial charge on any atom is 0.333 e. The Morgan fingerprint density at radius 1 is 1.35 bits per heavy atom. The van der Waals surface area contributed by atoms with Crippen molar-refractivity contribution in [2.45, 2.75) is 72.5 Å². The van der Waals surface area contributed by atoms with Gasteiger partial charge in [-0.2, -0.15) is 0 Å². The molecule has 20 heavy (non-hydrogen) atoms. The van der Waals surface area contributed by atoms with Crippen molar-refractivity contribution in [3.63, 3.8) is 0 Å². The standard InChI is InChI=1S/C17H30O3/c1-11(2)15(12(3)16(18)19)20-13(4)14-8-7-9-17(5,6)10-14/h11,13-15H,3,7-10H2,1-2,4-6H3,(H,18,19)/t13-,14?,15+/m1/s1. The van der Waals surface area contributed by atoms with Crippen molar-refractivity contribution in [2.75, 3.05) is 0 Å². The van der Waals surface area contributed by atoms with Crippen molar-refractivity contribution in [3.05, 3.63) is 12.2 Å². The van der Waals surface area contributed by atoms with E-state index >= 15 is 0 Å². The molecule has 1 unspecified atom stereocenters. The lowest BCUT2D eigenvalue weighted by Gasteiger charge is -2.39. The number of ether oxygens (including phenoxy) is 1. The van der Waals surface area contributed by atoms with Crippen LogP contribution in [0.2, 0.25) is 0 Å². The van der Waals surface area contributed by atoms with Crippen LogP contribution in [-0.2, 0) is 9.53 Å². The lowest BCUT2D eigenvalue weighted by Crippen LogP contribution is -2.36. The van der Waals surface area contributed by atoms with Gasteiger partial charge in [0.1, 0.15) is 0 Å². The van der Waals surface area contributed by atoms with Gasteiger partial charge in [0, 0.05) is 0 Å². The third-order valence-electron chi connectivity index (χ3n) is 4.49. The Kier molecular flexibility index (Phi) is 5.81. The van der Waals surface area contributed by atoms with E-state index in [1.54, 1.807) is 0 Å². The van der Waals surface area contributed by atoms with E-state index in [1.807, 2.05) is 13.8 Å². The Balaban J connectivity index is 2.68. The first-order chi connectivity index (χ1) is 9.14. The number of hydrogen-bond donors (Lipinski definition) is 1. The highest BCUT2D eigenvalue weighted by Gasteiger charge is 2.33. The molecule has 116 valence electrons. The molecule has 0 saturated heterocycles. The van der Waals surface area contributed by atoms with Gasteiger partial charge in [-0.3, -0.25) is 0 Å². The van der Waals surface area contributed by atoms with Crippen molar-refractivity contribution >= 4 is 5.97 Å². The average Bonchev–Trinajstić information content (AvgIpc) is 2.33. The Morgan fingerprint density at radius 3 is 2.40 bits per heavy atom. The van der Waals surface area contributed by atoms with Crippen molar-refractivity contribution < 1.29 is 14.6 Å². The topological polar surface area (TPSA) is 46.5 Å². The van der Waals surface area contributed by atoms with Gasteiger partial charge in [-0.05, 0) is 43.4 Å². The Morgan fingerprint density at radius 2 is 1.95 bits per heavy atom. The van der Waals surface area contributed by atoms with E-state index in [0.29, 0.717) is 11.3 Å². The summed E-state index contributed by atoms with van der Waals surface area (Å²) in [6.45, 7) is 14.3. The number of carboxylic acids is 1. The number of carbonyl (C=O) groups is 1. The molecule has 1 saturated carbocycles. The van der Waals surface area contributed by atoms with E-state index in [1.165, 1.54) is 19.3 Å². The van der Waals surface area contributed by atoms with E-state index in [-0.39, 0.29) is 17.6 Å². The second kappa shape index (κ2) is 6.75. The summed E-state index contributed by atoms with van der Waals surface area (Å²) in [6.07, 6.45) is 4.52. The van der Waals surface area contributed by atoms with Crippen molar-refractivity contribution in [1.82, 2.24) is 0 Å². The first-order valence-electron chi connectivity index (χ1n) is 7.71. The fourth-order valence-electron chi connectivity index (χ4n) is 3.26. The molecular formula is C17H30O3. The molecule has 0 aliphatic heterocycles. The predicted octanol–water partition coefficient (Wildman–Crippen LogP) is 4.27. The quantitative estimate of drug-likeness (QED) is 0.740. The molecular weight excluding hydrogens is 252 g/mol. The summed E-state index contributed by atoms with van der Waals surface area (Å²) in [7, 11) is 0. The molecule has 0 bridgehead atoms. The van der Waals surface area contributed by atoms with E-state index in [2.05, 4.69) is 27.4 Å². The minimum absolute atomic E-state index is 0.0816. The normalized spacial score (nSPS) is 25.2. The molecule has 1 aliphatic rings. The van der Waals surface area contributed by atoms with Crippen LogP contribution in [0.1, 0.15) is 60.3 Å². The molecule has 1 N–H and O–H groups in total. The summed E-state index contributed by atoms with van der Waals surface area (Å²) < 4.78 is 6.09. The Labute approximate surface area is 123 Å². The maximum atomic E-state index is 11.1. The molecule has 0 spiro atoms. The summed E-state index contributed by atoms with van der Waals surface area (Å²) >= 11 is 0. The summed E-state index contributed by atoms with van der Waals surface area (Å²) in [5, 5.41) is 9.13. The molecule has 0 aromatic heterocycles. The smallest absolute Gasteiger partial charge is 0.333 e. The molecule has 0 aromatic carbocycles. The minimum atomic E-state index is -0.958. The van der Waals surface area contributed by atoms with Crippen molar-refractivity contribution in [2.24, 2.45) is 17.3 Å². The molecule has 0 aromatic rings. The van der Waals surface area contributed by atoms with Crippen LogP contribution in [0.3, 0.4) is 0 Å². The van der Waals surface area contributed by atoms with E-state index in [4.69, 9.17) is 9.84 Å². The van der Waals surface area contributed by atoms with Crippen LogP contribution >= 0.6 is 0 Å². The van der Waals surface area contributed by atoms with Crippen molar-refractivity contribution in [1.29, 1.82) is 0 Å². The van der Waals surface area contributed by atoms with Gasteiger partial charge in [-0.1, -0.05) is 40.7 Å². The van der Waals surface area contributed by atoms with Crippen LogP contribution in [0.5, 0.6) is 0 Å². The van der Waals surface area contributed by atoms with Gasteiger partial charge in [-0.15, -0.1) is 0 Å². The third-order valence-corrected chi connectivity index (χ3v) is 4.49. The Bertz CT molecular complexity index is 357. The fourth-order valence-corrected chi connectivity index (χ4v) is 3.26. The molecule has 0 heterocycles. The summed E-state index contributed by atoms with van der Waals surface area (Å²) in [6, 6.07) is 0. The van der Waals surface area contributed by atoms with Crippen LogP contribution in [0.4, 0.5) is 0 Å². The maximum absolute atomic E-state index is 11.1. The van der Waals surface area contributed by atoms with Gasteiger partial charge in [0.05, 0.1) is 17.8 Å². The van der Waals surface area contributed by atoms with E-state index in [0.717, 1.165) is 6.42 Å². The van der Waals surface area contributed by atoms with Gasteiger partial charge >= 0.3 is 5.97 Å². The number of hydrogen-bond acceptors (Lipinski definition) is 2. The van der Waals surface area contributed by atoms with Crippen LogP contribution in [0.15, 0.2) is 12.2 Å². The van der Waals surface area contributed by atoms with Crippen LogP contribution in [0.25, 0.3) is 0 Å². The predicted molar refractivity (Wildman–Crippen MR) is 81.7 cm³/mol.